The van der Waals surface area contributed by atoms with Crippen molar-refractivity contribution in [2.24, 2.45) is 0 Å². The van der Waals surface area contributed by atoms with Gasteiger partial charge < -0.3 is 9.47 Å². The Morgan fingerprint density at radius 1 is 1.25 bits per heavy atom. The van der Waals surface area contributed by atoms with Crippen molar-refractivity contribution in [3.8, 4) is 11.5 Å². The van der Waals surface area contributed by atoms with Crippen LogP contribution in [0, 0.1) is 6.92 Å². The van der Waals surface area contributed by atoms with E-state index in [-0.39, 0.29) is 0 Å². The lowest BCUT2D eigenvalue weighted by molar-refractivity contribution is 0.274. The molecule has 0 spiro atoms. The van der Waals surface area contributed by atoms with Crippen molar-refractivity contribution in [3.05, 3.63) is 41.2 Å². The highest BCUT2D eigenvalue weighted by Crippen LogP contribution is 2.29. The van der Waals surface area contributed by atoms with Gasteiger partial charge in [-0.1, -0.05) is 6.07 Å². The molecule has 0 aliphatic rings. The van der Waals surface area contributed by atoms with Gasteiger partial charge in [0.1, 0.15) is 6.61 Å². The molecule has 5 heteroatoms. The second-order valence-electron chi connectivity index (χ2n) is 4.50. The third kappa shape index (κ3) is 3.25. The van der Waals surface area contributed by atoms with Gasteiger partial charge in [0.15, 0.2) is 11.5 Å². The van der Waals surface area contributed by atoms with Gasteiger partial charge in [-0.15, -0.1) is 11.6 Å². The average molecular weight is 295 g/mol. The predicted octanol–water partition coefficient (Wildman–Crippen LogP) is 3.54. The lowest BCUT2D eigenvalue weighted by atomic mass is 10.2. The maximum Gasteiger partial charge on any atom is 0.162 e. The standard InChI is InChI=1S/C15H19ClN2O2/c1-4-18-13(7-11(2)17-18)10-20-15-8-12(9-16)5-6-14(15)19-3/h5-8H,4,9-10H2,1-3H3. The van der Waals surface area contributed by atoms with Gasteiger partial charge in [-0.25, -0.2) is 0 Å². The van der Waals surface area contributed by atoms with Crippen LogP contribution >= 0.6 is 11.6 Å². The molecule has 0 saturated heterocycles. The smallest absolute Gasteiger partial charge is 0.162 e. The zero-order valence-corrected chi connectivity index (χ0v) is 12.8. The summed E-state index contributed by atoms with van der Waals surface area (Å²) in [6.07, 6.45) is 0. The van der Waals surface area contributed by atoms with Gasteiger partial charge in [0, 0.05) is 12.4 Å². The minimum absolute atomic E-state index is 0.451. The summed E-state index contributed by atoms with van der Waals surface area (Å²) in [5, 5.41) is 4.40. The summed E-state index contributed by atoms with van der Waals surface area (Å²) in [6.45, 7) is 5.32. The zero-order chi connectivity index (χ0) is 14.5. The molecule has 1 aromatic carbocycles. The van der Waals surface area contributed by atoms with E-state index in [0.29, 0.717) is 24.0 Å². The Balaban J connectivity index is 2.17. The summed E-state index contributed by atoms with van der Waals surface area (Å²) in [4.78, 5) is 0. The number of benzene rings is 1. The summed E-state index contributed by atoms with van der Waals surface area (Å²) < 4.78 is 13.1. The van der Waals surface area contributed by atoms with Crippen molar-refractivity contribution in [1.82, 2.24) is 9.78 Å². The molecule has 0 saturated carbocycles. The number of aromatic nitrogens is 2. The molecule has 0 unspecified atom stereocenters. The molecule has 0 aliphatic heterocycles. The van der Waals surface area contributed by atoms with E-state index in [1.165, 1.54) is 0 Å². The molecule has 0 N–H and O–H groups in total. The van der Waals surface area contributed by atoms with Crippen LogP contribution in [0.25, 0.3) is 0 Å². The second-order valence-corrected chi connectivity index (χ2v) is 4.77. The van der Waals surface area contributed by atoms with Crippen molar-refractivity contribution < 1.29 is 9.47 Å². The average Bonchev–Trinajstić information content (AvgIpc) is 2.84. The van der Waals surface area contributed by atoms with Gasteiger partial charge in [0.2, 0.25) is 0 Å². The first-order valence-corrected chi connectivity index (χ1v) is 7.10. The van der Waals surface area contributed by atoms with E-state index in [1.807, 2.05) is 35.9 Å². The topological polar surface area (TPSA) is 36.3 Å². The molecule has 0 amide bonds. The number of rotatable bonds is 6. The summed E-state index contributed by atoms with van der Waals surface area (Å²) in [6, 6.07) is 7.74. The highest BCUT2D eigenvalue weighted by atomic mass is 35.5. The van der Waals surface area contributed by atoms with Gasteiger partial charge >= 0.3 is 0 Å². The maximum atomic E-state index is 5.87. The van der Waals surface area contributed by atoms with E-state index < -0.39 is 0 Å². The van der Waals surface area contributed by atoms with Gasteiger partial charge in [-0.3, -0.25) is 4.68 Å². The van der Waals surface area contributed by atoms with Gasteiger partial charge in [-0.05, 0) is 37.6 Å². The SMILES string of the molecule is CCn1nc(C)cc1COc1cc(CCl)ccc1OC. The Labute approximate surface area is 124 Å². The number of ether oxygens (including phenoxy) is 2. The molecule has 0 radical (unpaired) electrons. The molecule has 0 aliphatic carbocycles. The van der Waals surface area contributed by atoms with Crippen LogP contribution in [0.3, 0.4) is 0 Å². The molecular formula is C15H19ClN2O2. The van der Waals surface area contributed by atoms with Crippen LogP contribution < -0.4 is 9.47 Å². The van der Waals surface area contributed by atoms with Crippen LogP contribution in [0.15, 0.2) is 24.3 Å². The van der Waals surface area contributed by atoms with Crippen LogP contribution in [0.4, 0.5) is 0 Å². The van der Waals surface area contributed by atoms with Crippen LogP contribution in [-0.2, 0) is 19.0 Å². The van der Waals surface area contributed by atoms with E-state index >= 15 is 0 Å². The molecule has 0 atom stereocenters. The third-order valence-electron chi connectivity index (χ3n) is 3.04. The Hall–Kier alpha value is -1.68. The normalized spacial score (nSPS) is 10.6. The number of hydrogen-bond donors (Lipinski definition) is 0. The third-order valence-corrected chi connectivity index (χ3v) is 3.35. The summed E-state index contributed by atoms with van der Waals surface area (Å²) in [5.74, 6) is 1.86. The number of methoxy groups -OCH3 is 1. The van der Waals surface area contributed by atoms with E-state index in [1.54, 1.807) is 7.11 Å². The summed E-state index contributed by atoms with van der Waals surface area (Å²) in [5.41, 5.74) is 3.04. The Bertz CT molecular complexity index is 581. The molecule has 20 heavy (non-hydrogen) atoms. The molecule has 1 aromatic heterocycles. The summed E-state index contributed by atoms with van der Waals surface area (Å²) in [7, 11) is 1.63. The van der Waals surface area contributed by atoms with Crippen molar-refractivity contribution in [2.75, 3.05) is 7.11 Å². The number of alkyl halides is 1. The number of aryl methyl sites for hydroxylation is 2. The zero-order valence-electron chi connectivity index (χ0n) is 12.0. The van der Waals surface area contributed by atoms with Crippen molar-refractivity contribution in [3.63, 3.8) is 0 Å². The van der Waals surface area contributed by atoms with Crippen LogP contribution in [0.2, 0.25) is 0 Å². The highest BCUT2D eigenvalue weighted by Gasteiger charge is 2.09. The Morgan fingerprint density at radius 3 is 2.70 bits per heavy atom. The minimum Gasteiger partial charge on any atom is -0.493 e. The number of nitrogens with zero attached hydrogens (tertiary/aromatic N) is 2. The Kier molecular flexibility index (Phi) is 4.90. The first kappa shape index (κ1) is 14.7. The number of hydrogen-bond acceptors (Lipinski definition) is 3. The van der Waals surface area contributed by atoms with Crippen molar-refractivity contribution >= 4 is 11.6 Å². The van der Waals surface area contributed by atoms with Gasteiger partial charge in [-0.2, -0.15) is 5.10 Å². The fourth-order valence-corrected chi connectivity index (χ4v) is 2.22. The van der Waals surface area contributed by atoms with Gasteiger partial charge in [0.05, 0.1) is 18.5 Å². The maximum absolute atomic E-state index is 5.87. The monoisotopic (exact) mass is 294 g/mol. The molecule has 1 heterocycles. The molecule has 2 rings (SSSR count). The first-order valence-electron chi connectivity index (χ1n) is 6.57. The van der Waals surface area contributed by atoms with Crippen molar-refractivity contribution in [1.29, 1.82) is 0 Å². The van der Waals surface area contributed by atoms with E-state index in [4.69, 9.17) is 21.1 Å². The lowest BCUT2D eigenvalue weighted by Gasteiger charge is -2.12. The lowest BCUT2D eigenvalue weighted by Crippen LogP contribution is -2.06. The fraction of sp³-hybridized carbons (Fsp3) is 0.400. The van der Waals surface area contributed by atoms with Crippen LogP contribution in [0.1, 0.15) is 23.9 Å². The molecule has 0 bridgehead atoms. The Morgan fingerprint density at radius 2 is 2.05 bits per heavy atom. The van der Waals surface area contributed by atoms with Crippen LogP contribution in [-0.4, -0.2) is 16.9 Å². The first-order chi connectivity index (χ1) is 9.67. The predicted molar refractivity (Wildman–Crippen MR) is 79.5 cm³/mol. The van der Waals surface area contributed by atoms with E-state index in [9.17, 15) is 0 Å². The molecule has 108 valence electrons. The van der Waals surface area contributed by atoms with Crippen LogP contribution in [0.5, 0.6) is 11.5 Å². The fourth-order valence-electron chi connectivity index (χ4n) is 2.06. The molecular weight excluding hydrogens is 276 g/mol. The number of halogens is 1. The van der Waals surface area contributed by atoms with Crippen molar-refractivity contribution in [2.45, 2.75) is 32.9 Å². The van der Waals surface area contributed by atoms with E-state index in [0.717, 1.165) is 23.5 Å². The molecule has 2 aromatic rings. The highest BCUT2D eigenvalue weighted by molar-refractivity contribution is 6.17. The largest absolute Gasteiger partial charge is 0.493 e. The molecule has 0 fully saturated rings. The summed E-state index contributed by atoms with van der Waals surface area (Å²) >= 11 is 5.85. The quantitative estimate of drug-likeness (QED) is 0.765. The molecule has 4 nitrogen and oxygen atoms in total. The minimum atomic E-state index is 0.451. The van der Waals surface area contributed by atoms with E-state index in [2.05, 4.69) is 12.0 Å². The van der Waals surface area contributed by atoms with Gasteiger partial charge in [0.25, 0.3) is 0 Å². The second kappa shape index (κ2) is 6.66.